The maximum Gasteiger partial charge on any atom is 0.327 e. The molecule has 0 unspecified atom stereocenters. The minimum absolute atomic E-state index is 0.0322. The number of ether oxygens (including phenoxy) is 1. The fraction of sp³-hybridized carbons (Fsp3) is 0.278. The van der Waals surface area contributed by atoms with E-state index in [1.165, 1.54) is 0 Å². The van der Waals surface area contributed by atoms with Crippen LogP contribution in [-0.2, 0) is 14.3 Å². The number of allylic oxidation sites excluding steroid dienone is 3. The van der Waals surface area contributed by atoms with Crippen LogP contribution in [0.4, 0.5) is 0 Å². The highest BCUT2D eigenvalue weighted by atomic mass is 16.5. The molecule has 0 amide bonds. The predicted octanol–water partition coefficient (Wildman–Crippen LogP) is 2.93. The van der Waals surface area contributed by atoms with Crippen molar-refractivity contribution in [2.75, 3.05) is 6.61 Å². The van der Waals surface area contributed by atoms with Crippen LogP contribution in [-0.4, -0.2) is 18.9 Å². The van der Waals surface area contributed by atoms with Gasteiger partial charge in [-0.2, -0.15) is 5.26 Å². The summed E-state index contributed by atoms with van der Waals surface area (Å²) in [5.41, 5.74) is 0.295. The van der Waals surface area contributed by atoms with Crippen LogP contribution in [0.25, 0.3) is 0 Å². The Morgan fingerprint density at radius 2 is 2.18 bits per heavy atom. The third kappa shape index (κ3) is 2.58. The van der Waals surface area contributed by atoms with Gasteiger partial charge in [0.1, 0.15) is 6.29 Å². The van der Waals surface area contributed by atoms with Crippen molar-refractivity contribution in [2.24, 2.45) is 5.41 Å². The molecule has 0 aromatic heterocycles. The summed E-state index contributed by atoms with van der Waals surface area (Å²) < 4.78 is 5.12. The molecule has 1 aliphatic carbocycles. The number of benzene rings is 1. The van der Waals surface area contributed by atoms with Crippen LogP contribution in [0, 0.1) is 16.7 Å². The molecule has 22 heavy (non-hydrogen) atoms. The van der Waals surface area contributed by atoms with E-state index in [2.05, 4.69) is 12.6 Å². The summed E-state index contributed by atoms with van der Waals surface area (Å²) in [7, 11) is 0. The van der Waals surface area contributed by atoms with E-state index in [1.807, 2.05) is 30.3 Å². The molecule has 0 bridgehead atoms. The third-order valence-corrected chi connectivity index (χ3v) is 3.84. The normalized spacial score (nSPS) is 24.1. The molecule has 2 rings (SSSR count). The Bertz CT molecular complexity index is 669. The SMILES string of the molecule is C=C1C=C(C=O)C[C@@](C#N)(C(=O)OCC)[C@H]1c1ccccc1. The van der Waals surface area contributed by atoms with E-state index in [4.69, 9.17) is 4.74 Å². The van der Waals surface area contributed by atoms with Crippen molar-refractivity contribution in [3.05, 3.63) is 59.7 Å². The fourth-order valence-corrected chi connectivity index (χ4v) is 2.93. The second-order valence-electron chi connectivity index (χ2n) is 5.24. The van der Waals surface area contributed by atoms with Gasteiger partial charge < -0.3 is 4.74 Å². The quantitative estimate of drug-likeness (QED) is 0.632. The van der Waals surface area contributed by atoms with E-state index in [0.29, 0.717) is 17.4 Å². The van der Waals surface area contributed by atoms with Crippen LogP contribution in [0.15, 0.2) is 54.1 Å². The fourth-order valence-electron chi connectivity index (χ4n) is 2.93. The molecule has 1 aliphatic rings. The number of carbonyl (C=O) groups excluding carboxylic acids is 2. The van der Waals surface area contributed by atoms with E-state index in [0.717, 1.165) is 5.56 Å². The van der Waals surface area contributed by atoms with E-state index in [-0.39, 0.29) is 13.0 Å². The predicted molar refractivity (Wildman–Crippen MR) is 81.8 cm³/mol. The highest BCUT2D eigenvalue weighted by Crippen LogP contribution is 2.49. The Hall–Kier alpha value is -2.67. The van der Waals surface area contributed by atoms with Gasteiger partial charge in [-0.3, -0.25) is 9.59 Å². The maximum absolute atomic E-state index is 12.5. The summed E-state index contributed by atoms with van der Waals surface area (Å²) in [5, 5.41) is 9.77. The summed E-state index contributed by atoms with van der Waals surface area (Å²) >= 11 is 0. The number of nitrogens with zero attached hydrogens (tertiary/aromatic N) is 1. The summed E-state index contributed by atoms with van der Waals surface area (Å²) in [6.07, 6.45) is 2.35. The van der Waals surface area contributed by atoms with Gasteiger partial charge in [0.2, 0.25) is 0 Å². The largest absolute Gasteiger partial charge is 0.465 e. The molecule has 0 heterocycles. The first kappa shape index (κ1) is 15.7. The standard InChI is InChI=1S/C18H17NO3/c1-3-22-17(21)18(12-19)10-14(11-20)9-13(2)16(18)15-7-5-4-6-8-15/h4-9,11,16H,2-3,10H2,1H3/t16-,18+/m1/s1. The number of hydrogen-bond donors (Lipinski definition) is 0. The number of aldehydes is 1. The zero-order valence-electron chi connectivity index (χ0n) is 12.4. The number of hydrogen-bond acceptors (Lipinski definition) is 4. The van der Waals surface area contributed by atoms with Gasteiger partial charge in [-0.25, -0.2) is 0 Å². The first-order valence-corrected chi connectivity index (χ1v) is 7.07. The van der Waals surface area contributed by atoms with E-state index in [9.17, 15) is 14.9 Å². The molecule has 0 N–H and O–H groups in total. The molecule has 0 saturated carbocycles. The van der Waals surface area contributed by atoms with E-state index < -0.39 is 17.3 Å². The highest BCUT2D eigenvalue weighted by Gasteiger charge is 2.51. The minimum atomic E-state index is -1.46. The summed E-state index contributed by atoms with van der Waals surface area (Å²) in [6, 6.07) is 11.4. The van der Waals surface area contributed by atoms with E-state index >= 15 is 0 Å². The van der Waals surface area contributed by atoms with Crippen molar-refractivity contribution in [3.8, 4) is 6.07 Å². The average molecular weight is 295 g/mol. The van der Waals surface area contributed by atoms with Gasteiger partial charge in [-0.05, 0) is 23.6 Å². The lowest BCUT2D eigenvalue weighted by molar-refractivity contribution is -0.152. The van der Waals surface area contributed by atoms with Crippen LogP contribution in [0.1, 0.15) is 24.8 Å². The van der Waals surface area contributed by atoms with Crippen molar-refractivity contribution in [1.82, 2.24) is 0 Å². The topological polar surface area (TPSA) is 67.2 Å². The number of carbonyl (C=O) groups is 2. The molecule has 0 saturated heterocycles. The summed E-state index contributed by atoms with van der Waals surface area (Å²) in [5.74, 6) is -1.14. The lowest BCUT2D eigenvalue weighted by Gasteiger charge is -2.37. The van der Waals surface area contributed by atoms with Crippen LogP contribution in [0.2, 0.25) is 0 Å². The minimum Gasteiger partial charge on any atom is -0.465 e. The van der Waals surface area contributed by atoms with Gasteiger partial charge in [-0.15, -0.1) is 0 Å². The Morgan fingerprint density at radius 1 is 1.50 bits per heavy atom. The molecule has 4 heteroatoms. The van der Waals surface area contributed by atoms with Crippen molar-refractivity contribution in [2.45, 2.75) is 19.3 Å². The first-order valence-electron chi connectivity index (χ1n) is 7.07. The molecule has 0 radical (unpaired) electrons. The zero-order chi connectivity index (χ0) is 16.2. The number of esters is 1. The van der Waals surface area contributed by atoms with Crippen LogP contribution in [0.3, 0.4) is 0 Å². The van der Waals surface area contributed by atoms with Gasteiger partial charge in [0, 0.05) is 12.3 Å². The van der Waals surface area contributed by atoms with Gasteiger partial charge in [0.25, 0.3) is 0 Å². The van der Waals surface area contributed by atoms with Crippen molar-refractivity contribution >= 4 is 12.3 Å². The smallest absolute Gasteiger partial charge is 0.327 e. The maximum atomic E-state index is 12.5. The van der Waals surface area contributed by atoms with Crippen LogP contribution < -0.4 is 0 Å². The Kier molecular flexibility index (Phi) is 4.57. The molecular weight excluding hydrogens is 278 g/mol. The van der Waals surface area contributed by atoms with Crippen LogP contribution in [0.5, 0.6) is 0 Å². The second-order valence-corrected chi connectivity index (χ2v) is 5.24. The molecule has 0 aliphatic heterocycles. The zero-order valence-corrected chi connectivity index (χ0v) is 12.4. The van der Waals surface area contributed by atoms with Crippen molar-refractivity contribution in [3.63, 3.8) is 0 Å². The molecule has 4 nitrogen and oxygen atoms in total. The lowest BCUT2D eigenvalue weighted by Crippen LogP contribution is -2.41. The van der Waals surface area contributed by atoms with Crippen LogP contribution >= 0.6 is 0 Å². The van der Waals surface area contributed by atoms with Gasteiger partial charge in [-0.1, -0.05) is 43.0 Å². The van der Waals surface area contributed by atoms with Crippen molar-refractivity contribution < 1.29 is 14.3 Å². The lowest BCUT2D eigenvalue weighted by atomic mass is 9.63. The molecule has 1 aromatic carbocycles. The Labute approximate surface area is 129 Å². The Balaban J connectivity index is 2.62. The molecular formula is C18H17NO3. The van der Waals surface area contributed by atoms with E-state index in [1.54, 1.807) is 13.0 Å². The van der Waals surface area contributed by atoms with Gasteiger partial charge in [0.15, 0.2) is 5.41 Å². The van der Waals surface area contributed by atoms with Gasteiger partial charge >= 0.3 is 5.97 Å². The van der Waals surface area contributed by atoms with Gasteiger partial charge in [0.05, 0.1) is 12.7 Å². The molecule has 0 spiro atoms. The summed E-state index contributed by atoms with van der Waals surface area (Å²) in [6.45, 7) is 5.83. The second kappa shape index (κ2) is 6.40. The molecule has 0 fully saturated rings. The molecule has 112 valence electrons. The Morgan fingerprint density at radius 3 is 2.73 bits per heavy atom. The van der Waals surface area contributed by atoms with Crippen molar-refractivity contribution in [1.29, 1.82) is 5.26 Å². The first-order chi connectivity index (χ1) is 10.6. The number of rotatable bonds is 4. The monoisotopic (exact) mass is 295 g/mol. The molecule has 1 aromatic rings. The molecule has 2 atom stereocenters. The number of nitriles is 1. The third-order valence-electron chi connectivity index (χ3n) is 3.84. The summed E-state index contributed by atoms with van der Waals surface area (Å²) in [4.78, 5) is 23.7. The highest BCUT2D eigenvalue weighted by molar-refractivity contribution is 5.87. The average Bonchev–Trinajstić information content (AvgIpc) is 2.54.